The van der Waals surface area contributed by atoms with Crippen molar-refractivity contribution in [3.63, 3.8) is 0 Å². The van der Waals surface area contributed by atoms with E-state index in [2.05, 4.69) is 20.8 Å². The Hall–Kier alpha value is -3.67. The van der Waals surface area contributed by atoms with E-state index in [1.807, 2.05) is 61.5 Å². The number of carbonyl (C=O) groups excluding carboxylic acids is 1. The molecule has 6 heteroatoms. The maximum absolute atomic E-state index is 12.8. The maximum atomic E-state index is 12.8. The maximum Gasteiger partial charge on any atom is 0.258 e. The van der Waals surface area contributed by atoms with Crippen molar-refractivity contribution in [2.24, 2.45) is 0 Å². The van der Waals surface area contributed by atoms with Crippen molar-refractivity contribution in [1.29, 1.82) is 0 Å². The van der Waals surface area contributed by atoms with Crippen LogP contribution in [0.3, 0.4) is 0 Å². The highest BCUT2D eigenvalue weighted by Gasteiger charge is 2.17. The van der Waals surface area contributed by atoms with E-state index in [1.54, 1.807) is 13.0 Å². The van der Waals surface area contributed by atoms with Crippen LogP contribution in [-0.2, 0) is 0 Å². The molecule has 0 saturated heterocycles. The van der Waals surface area contributed by atoms with Crippen LogP contribution in [0, 0.1) is 13.8 Å². The zero-order valence-corrected chi connectivity index (χ0v) is 15.0. The molecule has 2 heterocycles. The Labute approximate surface area is 156 Å². The Balaban J connectivity index is 1.54. The lowest BCUT2D eigenvalue weighted by molar-refractivity contribution is 0.102. The van der Waals surface area contributed by atoms with Crippen LogP contribution in [0.4, 0.5) is 17.1 Å². The van der Waals surface area contributed by atoms with Crippen LogP contribution in [-0.4, -0.2) is 16.0 Å². The van der Waals surface area contributed by atoms with Gasteiger partial charge in [0.1, 0.15) is 0 Å². The van der Waals surface area contributed by atoms with Gasteiger partial charge in [-0.05, 0) is 56.3 Å². The highest BCUT2D eigenvalue weighted by Crippen LogP contribution is 2.24. The summed E-state index contributed by atoms with van der Waals surface area (Å²) < 4.78 is 5.19. The van der Waals surface area contributed by atoms with Crippen LogP contribution in [0.1, 0.15) is 21.7 Å². The van der Waals surface area contributed by atoms with Crippen LogP contribution in [0.15, 0.2) is 65.2 Å². The summed E-state index contributed by atoms with van der Waals surface area (Å²) in [7, 11) is 0. The summed E-state index contributed by atoms with van der Waals surface area (Å²) in [6, 6.07) is 19.2. The number of nitrogens with zero attached hydrogens (tertiary/aromatic N) is 2. The molecule has 0 saturated carbocycles. The van der Waals surface area contributed by atoms with E-state index in [9.17, 15) is 4.79 Å². The van der Waals surface area contributed by atoms with E-state index in [0.717, 1.165) is 11.4 Å². The third kappa shape index (κ3) is 3.50. The van der Waals surface area contributed by atoms with Crippen molar-refractivity contribution < 1.29 is 9.32 Å². The number of benzene rings is 2. The summed E-state index contributed by atoms with van der Waals surface area (Å²) in [6.45, 7) is 3.61. The fourth-order valence-corrected chi connectivity index (χ4v) is 2.92. The van der Waals surface area contributed by atoms with Crippen molar-refractivity contribution in [2.45, 2.75) is 13.8 Å². The number of nitrogens with one attached hydrogen (secondary N) is 2. The molecule has 0 unspecified atom stereocenters. The topological polar surface area (TPSA) is 80.0 Å². The molecule has 0 fully saturated rings. The molecule has 0 radical (unpaired) electrons. The Morgan fingerprint density at radius 2 is 1.59 bits per heavy atom. The Bertz CT molecular complexity index is 1100. The number of pyridine rings is 1. The number of carbonyl (C=O) groups is 1. The fourth-order valence-electron chi connectivity index (χ4n) is 2.92. The summed E-state index contributed by atoms with van der Waals surface area (Å²) in [6.07, 6.45) is 0. The lowest BCUT2D eigenvalue weighted by atomic mass is 10.1. The molecule has 0 bridgehead atoms. The molecule has 0 atom stereocenters. The third-order valence-corrected chi connectivity index (χ3v) is 4.20. The molecule has 2 N–H and O–H groups in total. The second-order valence-electron chi connectivity index (χ2n) is 6.28. The molecular formula is C21H18N4O2. The number of para-hydroxylation sites is 1. The number of fused-ring (bicyclic) bond motifs is 1. The average molecular weight is 358 g/mol. The van der Waals surface area contributed by atoms with Gasteiger partial charge < -0.3 is 15.2 Å². The number of hydrogen-bond donors (Lipinski definition) is 2. The van der Waals surface area contributed by atoms with Gasteiger partial charge in [0.15, 0.2) is 0 Å². The van der Waals surface area contributed by atoms with Crippen molar-refractivity contribution in [2.75, 3.05) is 10.6 Å². The van der Waals surface area contributed by atoms with Crippen LogP contribution in [0.25, 0.3) is 11.1 Å². The van der Waals surface area contributed by atoms with Crippen molar-refractivity contribution in [3.8, 4) is 0 Å². The van der Waals surface area contributed by atoms with Gasteiger partial charge >= 0.3 is 0 Å². The average Bonchev–Trinajstić information content (AvgIpc) is 3.04. The molecule has 2 aromatic heterocycles. The SMILES string of the molecule is Cc1cc(C(=O)Nc2ccc(Nc3ccccc3)cc2)c2c(C)noc2n1. The van der Waals surface area contributed by atoms with E-state index in [0.29, 0.717) is 33.7 Å². The number of hydrogen-bond acceptors (Lipinski definition) is 5. The molecule has 27 heavy (non-hydrogen) atoms. The zero-order valence-electron chi connectivity index (χ0n) is 15.0. The Morgan fingerprint density at radius 3 is 2.33 bits per heavy atom. The summed E-state index contributed by atoms with van der Waals surface area (Å²) in [4.78, 5) is 17.1. The molecule has 0 aliphatic heterocycles. The summed E-state index contributed by atoms with van der Waals surface area (Å²) >= 11 is 0. The first kappa shape index (κ1) is 16.8. The molecule has 6 nitrogen and oxygen atoms in total. The second kappa shape index (κ2) is 6.92. The Kier molecular flexibility index (Phi) is 4.30. The van der Waals surface area contributed by atoms with E-state index in [1.165, 1.54) is 0 Å². The van der Waals surface area contributed by atoms with E-state index in [4.69, 9.17) is 4.52 Å². The minimum Gasteiger partial charge on any atom is -0.356 e. The summed E-state index contributed by atoms with van der Waals surface area (Å²) in [5.74, 6) is -0.222. The van der Waals surface area contributed by atoms with Crippen LogP contribution in [0.5, 0.6) is 0 Å². The first-order chi connectivity index (χ1) is 13.1. The van der Waals surface area contributed by atoms with Gasteiger partial charge in [-0.15, -0.1) is 0 Å². The van der Waals surface area contributed by atoms with Crippen LogP contribution >= 0.6 is 0 Å². The largest absolute Gasteiger partial charge is 0.356 e. The molecule has 134 valence electrons. The number of aryl methyl sites for hydroxylation is 2. The first-order valence-corrected chi connectivity index (χ1v) is 8.57. The van der Waals surface area contributed by atoms with Gasteiger partial charge in [0, 0.05) is 22.8 Å². The number of aromatic nitrogens is 2. The molecule has 0 spiro atoms. The lowest BCUT2D eigenvalue weighted by Crippen LogP contribution is -2.13. The monoisotopic (exact) mass is 358 g/mol. The van der Waals surface area contributed by atoms with Crippen molar-refractivity contribution in [1.82, 2.24) is 10.1 Å². The smallest absolute Gasteiger partial charge is 0.258 e. The summed E-state index contributed by atoms with van der Waals surface area (Å²) in [5.41, 5.74) is 4.87. The van der Waals surface area contributed by atoms with E-state index in [-0.39, 0.29) is 5.91 Å². The first-order valence-electron chi connectivity index (χ1n) is 8.57. The molecule has 2 aromatic carbocycles. The minimum atomic E-state index is -0.222. The predicted octanol–water partition coefficient (Wildman–Crippen LogP) is 4.84. The zero-order chi connectivity index (χ0) is 18.8. The van der Waals surface area contributed by atoms with Gasteiger partial charge in [-0.25, -0.2) is 4.98 Å². The number of amides is 1. The van der Waals surface area contributed by atoms with Gasteiger partial charge in [-0.1, -0.05) is 23.4 Å². The molecule has 0 aliphatic rings. The standard InChI is InChI=1S/C21H18N4O2/c1-13-12-18(19-14(2)25-27-21(19)22-13)20(26)24-17-10-8-16(9-11-17)23-15-6-4-3-5-7-15/h3-12,23H,1-2H3,(H,24,26). The highest BCUT2D eigenvalue weighted by atomic mass is 16.5. The highest BCUT2D eigenvalue weighted by molar-refractivity contribution is 6.12. The molecule has 4 rings (SSSR count). The van der Waals surface area contributed by atoms with Gasteiger partial charge in [0.05, 0.1) is 16.6 Å². The second-order valence-corrected chi connectivity index (χ2v) is 6.28. The van der Waals surface area contributed by atoms with Crippen molar-refractivity contribution >= 4 is 34.1 Å². The third-order valence-electron chi connectivity index (χ3n) is 4.20. The van der Waals surface area contributed by atoms with Crippen LogP contribution < -0.4 is 10.6 Å². The normalized spacial score (nSPS) is 10.7. The van der Waals surface area contributed by atoms with Crippen molar-refractivity contribution in [3.05, 3.63) is 77.6 Å². The molecule has 1 amide bonds. The predicted molar refractivity (Wildman–Crippen MR) is 105 cm³/mol. The van der Waals surface area contributed by atoms with Gasteiger partial charge in [-0.2, -0.15) is 0 Å². The minimum absolute atomic E-state index is 0.222. The number of rotatable bonds is 4. The fraction of sp³-hybridized carbons (Fsp3) is 0.0952. The van der Waals surface area contributed by atoms with E-state index >= 15 is 0 Å². The van der Waals surface area contributed by atoms with E-state index < -0.39 is 0 Å². The number of anilines is 3. The summed E-state index contributed by atoms with van der Waals surface area (Å²) in [5, 5.41) is 10.8. The quantitative estimate of drug-likeness (QED) is 0.546. The molecular weight excluding hydrogens is 340 g/mol. The van der Waals surface area contributed by atoms with Gasteiger partial charge in [0.25, 0.3) is 11.6 Å². The lowest BCUT2D eigenvalue weighted by Gasteiger charge is -2.09. The molecule has 4 aromatic rings. The molecule has 0 aliphatic carbocycles. The van der Waals surface area contributed by atoms with Gasteiger partial charge in [-0.3, -0.25) is 4.79 Å². The Morgan fingerprint density at radius 1 is 0.926 bits per heavy atom. The van der Waals surface area contributed by atoms with Crippen LogP contribution in [0.2, 0.25) is 0 Å². The van der Waals surface area contributed by atoms with Gasteiger partial charge in [0.2, 0.25) is 0 Å².